The first-order valence-corrected chi connectivity index (χ1v) is 9.47. The number of aliphatic carboxylic acids is 1. The van der Waals surface area contributed by atoms with Crippen LogP contribution in [-0.2, 0) is 14.3 Å². The van der Waals surface area contributed by atoms with Gasteiger partial charge in [0.25, 0.3) is 0 Å². The van der Waals surface area contributed by atoms with Crippen molar-refractivity contribution in [1.29, 1.82) is 0 Å². The van der Waals surface area contributed by atoms with Crippen LogP contribution in [0.25, 0.3) is 0 Å². The summed E-state index contributed by atoms with van der Waals surface area (Å²) in [6.07, 6.45) is 2.60. The summed E-state index contributed by atoms with van der Waals surface area (Å²) < 4.78 is 5.10. The number of ether oxygens (including phenoxy) is 1. The van der Waals surface area contributed by atoms with Gasteiger partial charge in [0.2, 0.25) is 5.91 Å². The van der Waals surface area contributed by atoms with Gasteiger partial charge in [0, 0.05) is 4.88 Å². The van der Waals surface area contributed by atoms with Gasteiger partial charge in [0.15, 0.2) is 0 Å². The highest BCUT2D eigenvalue weighted by molar-refractivity contribution is 7.16. The first kappa shape index (κ1) is 17.9. The van der Waals surface area contributed by atoms with Gasteiger partial charge in [-0.3, -0.25) is 9.59 Å². The summed E-state index contributed by atoms with van der Waals surface area (Å²) in [5, 5.41) is 12.8. The zero-order valence-corrected chi connectivity index (χ0v) is 15.4. The van der Waals surface area contributed by atoms with Crippen LogP contribution >= 0.6 is 11.3 Å². The molecular weight excluding hydrogens is 342 g/mol. The van der Waals surface area contributed by atoms with Crippen molar-refractivity contribution in [1.82, 2.24) is 0 Å². The van der Waals surface area contributed by atoms with Crippen molar-refractivity contribution in [3.8, 4) is 0 Å². The van der Waals surface area contributed by atoms with Crippen LogP contribution < -0.4 is 5.32 Å². The number of hydrogen-bond acceptors (Lipinski definition) is 5. The third-order valence-corrected chi connectivity index (χ3v) is 6.73. The van der Waals surface area contributed by atoms with E-state index >= 15 is 0 Å². The van der Waals surface area contributed by atoms with E-state index in [9.17, 15) is 19.5 Å². The van der Waals surface area contributed by atoms with Crippen molar-refractivity contribution in [3.63, 3.8) is 0 Å². The molecule has 6 nitrogen and oxygen atoms in total. The Hall–Kier alpha value is -1.89. The van der Waals surface area contributed by atoms with E-state index in [4.69, 9.17) is 4.74 Å². The molecule has 2 aliphatic rings. The quantitative estimate of drug-likeness (QED) is 0.782. The van der Waals surface area contributed by atoms with Crippen LogP contribution in [0.3, 0.4) is 0 Å². The number of nitrogens with one attached hydrogen (secondary N) is 1. The van der Waals surface area contributed by atoms with Crippen molar-refractivity contribution in [2.45, 2.75) is 40.0 Å². The van der Waals surface area contributed by atoms with Gasteiger partial charge in [-0.15, -0.1) is 11.3 Å². The molecule has 2 aliphatic carbocycles. The van der Waals surface area contributed by atoms with Crippen LogP contribution in [-0.4, -0.2) is 29.6 Å². The van der Waals surface area contributed by atoms with Crippen LogP contribution in [0.4, 0.5) is 5.00 Å². The van der Waals surface area contributed by atoms with Crippen LogP contribution in [0.5, 0.6) is 0 Å². The summed E-state index contributed by atoms with van der Waals surface area (Å²) in [5.41, 5.74) is 1.18. The van der Waals surface area contributed by atoms with E-state index < -0.39 is 23.8 Å². The van der Waals surface area contributed by atoms with Gasteiger partial charge in [0.05, 0.1) is 24.0 Å². The molecule has 0 spiro atoms. The maximum Gasteiger partial charge on any atom is 0.341 e. The number of anilines is 1. The maximum atomic E-state index is 12.9. The molecule has 7 heteroatoms. The van der Waals surface area contributed by atoms with Crippen molar-refractivity contribution in [2.75, 3.05) is 11.9 Å². The Kier molecular flexibility index (Phi) is 4.86. The molecular formula is C18H23NO5S. The molecule has 0 unspecified atom stereocenters. The maximum absolute atomic E-state index is 12.9. The fourth-order valence-corrected chi connectivity index (χ4v) is 5.43. The van der Waals surface area contributed by atoms with E-state index in [1.165, 1.54) is 11.3 Å². The van der Waals surface area contributed by atoms with Gasteiger partial charge in [-0.25, -0.2) is 4.79 Å². The topological polar surface area (TPSA) is 92.7 Å². The number of carbonyl (C=O) groups excluding carboxylic acids is 2. The van der Waals surface area contributed by atoms with Crippen molar-refractivity contribution in [2.24, 2.45) is 23.7 Å². The second kappa shape index (κ2) is 6.78. The molecule has 0 saturated heterocycles. The van der Waals surface area contributed by atoms with Crippen LogP contribution in [0.2, 0.25) is 0 Å². The second-order valence-corrected chi connectivity index (χ2v) is 8.14. The van der Waals surface area contributed by atoms with Crippen molar-refractivity contribution < 1.29 is 24.2 Å². The lowest BCUT2D eigenvalue weighted by Crippen LogP contribution is -2.38. The summed E-state index contributed by atoms with van der Waals surface area (Å²) in [6, 6.07) is 0. The molecule has 2 N–H and O–H groups in total. The molecule has 1 amide bonds. The molecule has 2 fully saturated rings. The lowest BCUT2D eigenvalue weighted by Gasteiger charge is -2.26. The summed E-state index contributed by atoms with van der Waals surface area (Å²) in [7, 11) is 0. The molecule has 0 aromatic carbocycles. The van der Waals surface area contributed by atoms with E-state index in [1.54, 1.807) is 6.92 Å². The number of carbonyl (C=O) groups is 3. The molecule has 2 bridgehead atoms. The molecule has 0 aliphatic heterocycles. The van der Waals surface area contributed by atoms with E-state index in [2.05, 4.69) is 5.32 Å². The van der Waals surface area contributed by atoms with Gasteiger partial charge in [-0.1, -0.05) is 0 Å². The predicted molar refractivity (Wildman–Crippen MR) is 93.8 cm³/mol. The van der Waals surface area contributed by atoms with Crippen LogP contribution in [0, 0.1) is 37.5 Å². The highest BCUT2D eigenvalue weighted by Gasteiger charge is 2.54. The molecule has 1 aromatic heterocycles. The van der Waals surface area contributed by atoms with E-state index in [1.807, 2.05) is 13.8 Å². The summed E-state index contributed by atoms with van der Waals surface area (Å²) in [5.74, 6) is -2.56. The van der Waals surface area contributed by atoms with Crippen LogP contribution in [0.15, 0.2) is 0 Å². The number of aryl methyl sites for hydroxylation is 1. The zero-order chi connectivity index (χ0) is 18.3. The Morgan fingerprint density at radius 1 is 1.20 bits per heavy atom. The highest BCUT2D eigenvalue weighted by atomic mass is 32.1. The summed E-state index contributed by atoms with van der Waals surface area (Å²) in [4.78, 5) is 37.7. The lowest BCUT2D eigenvalue weighted by atomic mass is 9.79. The van der Waals surface area contributed by atoms with E-state index in [0.29, 0.717) is 10.6 Å². The minimum absolute atomic E-state index is 0.0922. The Morgan fingerprint density at radius 3 is 2.44 bits per heavy atom. The van der Waals surface area contributed by atoms with Gasteiger partial charge in [0.1, 0.15) is 5.00 Å². The second-order valence-electron chi connectivity index (χ2n) is 6.92. The molecule has 1 aromatic rings. The Labute approximate surface area is 150 Å². The molecule has 25 heavy (non-hydrogen) atoms. The molecule has 2 saturated carbocycles. The predicted octanol–water partition coefficient (Wildman–Crippen LogP) is 3.23. The van der Waals surface area contributed by atoms with Gasteiger partial charge < -0.3 is 15.2 Å². The first-order chi connectivity index (χ1) is 11.8. The first-order valence-electron chi connectivity index (χ1n) is 8.65. The number of fused-ring (bicyclic) bond motifs is 2. The fourth-order valence-electron chi connectivity index (χ4n) is 4.38. The molecule has 1 heterocycles. The largest absolute Gasteiger partial charge is 0.481 e. The van der Waals surface area contributed by atoms with E-state index in [-0.39, 0.29) is 24.3 Å². The average molecular weight is 365 g/mol. The normalized spacial score (nSPS) is 27.3. The average Bonchev–Trinajstić information content (AvgIpc) is 3.21. The standard InChI is InChI=1S/C18H23NO5S/c1-4-24-18(23)12-8(2)9(3)25-16(12)19-15(20)13-10-5-6-11(7-10)14(13)17(21)22/h10-11,13-14H,4-7H2,1-3H3,(H,19,20)(H,21,22)/t10-,11-,13-,14-/m0/s1. The molecule has 4 atom stereocenters. The number of hydrogen-bond donors (Lipinski definition) is 2. The third-order valence-electron chi connectivity index (χ3n) is 5.61. The highest BCUT2D eigenvalue weighted by Crippen LogP contribution is 2.52. The number of esters is 1. The monoisotopic (exact) mass is 365 g/mol. The lowest BCUT2D eigenvalue weighted by molar-refractivity contribution is -0.148. The van der Waals surface area contributed by atoms with Gasteiger partial charge in [-0.05, 0) is 57.4 Å². The van der Waals surface area contributed by atoms with Crippen molar-refractivity contribution >= 4 is 34.2 Å². The number of carboxylic acids is 1. The number of amides is 1. The smallest absolute Gasteiger partial charge is 0.341 e. The minimum Gasteiger partial charge on any atom is -0.481 e. The summed E-state index contributed by atoms with van der Waals surface area (Å²) >= 11 is 1.33. The molecule has 136 valence electrons. The molecule has 3 rings (SSSR count). The minimum atomic E-state index is -0.892. The summed E-state index contributed by atoms with van der Waals surface area (Å²) in [6.45, 7) is 5.70. The third kappa shape index (κ3) is 3.05. The fraction of sp³-hybridized carbons (Fsp3) is 0.611. The van der Waals surface area contributed by atoms with Crippen molar-refractivity contribution in [3.05, 3.63) is 16.0 Å². The Morgan fingerprint density at radius 2 is 1.84 bits per heavy atom. The van der Waals surface area contributed by atoms with E-state index in [0.717, 1.165) is 29.7 Å². The number of rotatable bonds is 5. The van der Waals surface area contributed by atoms with Crippen LogP contribution in [0.1, 0.15) is 47.0 Å². The Bertz CT molecular complexity index is 725. The number of thiophene rings is 1. The van der Waals surface area contributed by atoms with Gasteiger partial charge >= 0.3 is 11.9 Å². The zero-order valence-electron chi connectivity index (χ0n) is 14.6. The number of carboxylic acid groups (broad SMARTS) is 1. The Balaban J connectivity index is 1.85. The molecule has 0 radical (unpaired) electrons. The van der Waals surface area contributed by atoms with Gasteiger partial charge in [-0.2, -0.15) is 0 Å². The SMILES string of the molecule is CCOC(=O)c1c(NC(=O)[C@H]2[C@H]3CC[C@@H](C3)[C@@H]2C(=O)O)sc(C)c1C.